The van der Waals surface area contributed by atoms with E-state index in [0.29, 0.717) is 11.5 Å². The lowest BCUT2D eigenvalue weighted by atomic mass is 10.0. The summed E-state index contributed by atoms with van der Waals surface area (Å²) in [4.78, 5) is 24.1. The molecule has 0 saturated carbocycles. The minimum absolute atomic E-state index is 0.000467. The van der Waals surface area contributed by atoms with E-state index in [1.165, 1.54) is 18.5 Å². The Bertz CT molecular complexity index is 729. The van der Waals surface area contributed by atoms with Crippen molar-refractivity contribution in [3.63, 3.8) is 0 Å². The average molecular weight is 377 g/mol. The summed E-state index contributed by atoms with van der Waals surface area (Å²) in [5, 5.41) is 21.7. The van der Waals surface area contributed by atoms with Crippen LogP contribution in [-0.2, 0) is 27.6 Å². The van der Waals surface area contributed by atoms with Gasteiger partial charge in [-0.25, -0.2) is 18.7 Å². The lowest BCUT2D eigenvalue weighted by molar-refractivity contribution is -0.131. The molecule has 0 aliphatic rings. The summed E-state index contributed by atoms with van der Waals surface area (Å²) in [6, 6.07) is 1.26. The molecule has 11 heteroatoms. The van der Waals surface area contributed by atoms with E-state index >= 15 is 0 Å². The second kappa shape index (κ2) is 7.83. The molecule has 0 saturated heterocycles. The van der Waals surface area contributed by atoms with Gasteiger partial charge in [-0.15, -0.1) is 0 Å². The second-order valence-corrected chi connectivity index (χ2v) is 8.68. The van der Waals surface area contributed by atoms with Crippen molar-refractivity contribution in [2.24, 2.45) is 0 Å². The van der Waals surface area contributed by atoms with Crippen LogP contribution in [-0.4, -0.2) is 57.8 Å². The van der Waals surface area contributed by atoms with Crippen LogP contribution in [0.1, 0.15) is 38.6 Å². The highest BCUT2D eigenvalue weighted by Gasteiger charge is 2.43. The largest absolute Gasteiger partial charge is 0.465 e. The lowest BCUT2D eigenvalue weighted by Crippen LogP contribution is -2.49. The van der Waals surface area contributed by atoms with E-state index in [1.54, 1.807) is 13.8 Å². The Hall–Kier alpha value is -2.14. The molecule has 1 aromatic heterocycles. The van der Waals surface area contributed by atoms with Gasteiger partial charge < -0.3 is 9.63 Å². The standard InChI is InChI=1S/C14H23N3O7S/c1-9(2)17(13(19)20)8-11-7-10(16-24-11)5-6-14(3,12(18)15-21)25(4,22)23/h7,9,21H,5-6,8H2,1-4H3,(H,15,18)(H,19,20). The summed E-state index contributed by atoms with van der Waals surface area (Å²) in [7, 11) is -3.80. The molecular formula is C14H23N3O7S. The monoisotopic (exact) mass is 377 g/mol. The molecule has 0 aliphatic heterocycles. The molecular weight excluding hydrogens is 354 g/mol. The third kappa shape index (κ3) is 4.92. The van der Waals surface area contributed by atoms with E-state index in [9.17, 15) is 18.0 Å². The maximum Gasteiger partial charge on any atom is 0.407 e. The Morgan fingerprint density at radius 1 is 1.44 bits per heavy atom. The van der Waals surface area contributed by atoms with Crippen molar-refractivity contribution in [2.45, 2.75) is 50.9 Å². The van der Waals surface area contributed by atoms with Gasteiger partial charge in [-0.3, -0.25) is 14.9 Å². The van der Waals surface area contributed by atoms with Gasteiger partial charge in [0.2, 0.25) is 0 Å². The molecule has 142 valence electrons. The fourth-order valence-electron chi connectivity index (χ4n) is 2.14. The smallest absolute Gasteiger partial charge is 0.407 e. The molecule has 10 nitrogen and oxygen atoms in total. The van der Waals surface area contributed by atoms with Crippen molar-refractivity contribution in [2.75, 3.05) is 6.26 Å². The molecule has 0 fully saturated rings. The van der Waals surface area contributed by atoms with E-state index in [-0.39, 0.29) is 25.4 Å². The number of carboxylic acid groups (broad SMARTS) is 1. The minimum Gasteiger partial charge on any atom is -0.465 e. The topological polar surface area (TPSA) is 150 Å². The predicted molar refractivity (Wildman–Crippen MR) is 86.7 cm³/mol. The highest BCUT2D eigenvalue weighted by molar-refractivity contribution is 7.92. The maximum atomic E-state index is 11.9. The van der Waals surface area contributed by atoms with Crippen LogP contribution in [0.5, 0.6) is 0 Å². The van der Waals surface area contributed by atoms with Gasteiger partial charge in [-0.05, 0) is 33.6 Å². The first kappa shape index (κ1) is 20.9. The number of aryl methyl sites for hydroxylation is 1. The number of hydroxylamine groups is 1. The number of nitrogens with zero attached hydrogens (tertiary/aromatic N) is 2. The first-order chi connectivity index (χ1) is 11.4. The number of rotatable bonds is 8. The zero-order chi connectivity index (χ0) is 19.4. The van der Waals surface area contributed by atoms with Gasteiger partial charge in [0.25, 0.3) is 5.91 Å². The number of sulfone groups is 1. The average Bonchev–Trinajstić information content (AvgIpc) is 2.95. The lowest BCUT2D eigenvalue weighted by Gasteiger charge is -2.24. The summed E-state index contributed by atoms with van der Waals surface area (Å²) >= 11 is 0. The van der Waals surface area contributed by atoms with Crippen molar-refractivity contribution in [3.05, 3.63) is 17.5 Å². The van der Waals surface area contributed by atoms with Gasteiger partial charge in [0.1, 0.15) is 4.75 Å². The van der Waals surface area contributed by atoms with Crippen LogP contribution in [0.25, 0.3) is 0 Å². The summed E-state index contributed by atoms with van der Waals surface area (Å²) in [6.07, 6.45) is -0.229. The molecule has 0 bridgehead atoms. The number of hydrogen-bond acceptors (Lipinski definition) is 7. The molecule has 1 atom stereocenters. The van der Waals surface area contributed by atoms with Gasteiger partial charge in [0.05, 0.1) is 12.2 Å². The quantitative estimate of drug-likeness (QED) is 0.445. The van der Waals surface area contributed by atoms with Crippen LogP contribution in [0.3, 0.4) is 0 Å². The van der Waals surface area contributed by atoms with E-state index in [0.717, 1.165) is 11.2 Å². The summed E-state index contributed by atoms with van der Waals surface area (Å²) in [5.41, 5.74) is 1.75. The molecule has 0 spiro atoms. The van der Waals surface area contributed by atoms with Crippen LogP contribution in [0.15, 0.2) is 10.6 Å². The van der Waals surface area contributed by atoms with E-state index in [2.05, 4.69) is 5.16 Å². The van der Waals surface area contributed by atoms with Gasteiger partial charge in [0, 0.05) is 18.4 Å². The Morgan fingerprint density at radius 2 is 2.04 bits per heavy atom. The fourth-order valence-corrected chi connectivity index (χ4v) is 2.99. The number of carbonyl (C=O) groups is 2. The highest BCUT2D eigenvalue weighted by Crippen LogP contribution is 2.24. The van der Waals surface area contributed by atoms with Crippen LogP contribution in [0.2, 0.25) is 0 Å². The van der Waals surface area contributed by atoms with Crippen LogP contribution in [0, 0.1) is 0 Å². The van der Waals surface area contributed by atoms with Crippen molar-refractivity contribution in [3.8, 4) is 0 Å². The summed E-state index contributed by atoms with van der Waals surface area (Å²) in [5.74, 6) is -0.727. The summed E-state index contributed by atoms with van der Waals surface area (Å²) in [6.45, 7) is 4.65. The van der Waals surface area contributed by atoms with Crippen molar-refractivity contribution >= 4 is 21.8 Å². The molecule has 0 aromatic carbocycles. The Morgan fingerprint density at radius 3 is 2.48 bits per heavy atom. The molecule has 1 rings (SSSR count). The second-order valence-electron chi connectivity index (χ2n) is 6.23. The first-order valence-corrected chi connectivity index (χ1v) is 9.39. The van der Waals surface area contributed by atoms with E-state index < -0.39 is 26.6 Å². The highest BCUT2D eigenvalue weighted by atomic mass is 32.2. The van der Waals surface area contributed by atoms with Crippen LogP contribution in [0.4, 0.5) is 4.79 Å². The zero-order valence-corrected chi connectivity index (χ0v) is 15.3. The molecule has 3 N–H and O–H groups in total. The predicted octanol–water partition coefficient (Wildman–Crippen LogP) is 0.804. The first-order valence-electron chi connectivity index (χ1n) is 7.50. The minimum atomic E-state index is -3.80. The molecule has 0 radical (unpaired) electrons. The van der Waals surface area contributed by atoms with Gasteiger partial charge >= 0.3 is 6.09 Å². The van der Waals surface area contributed by atoms with Crippen molar-refractivity contribution < 1.29 is 32.8 Å². The molecule has 1 unspecified atom stereocenters. The maximum absolute atomic E-state index is 11.9. The molecule has 25 heavy (non-hydrogen) atoms. The number of carbonyl (C=O) groups excluding carboxylic acids is 1. The molecule has 1 aromatic rings. The zero-order valence-electron chi connectivity index (χ0n) is 14.5. The van der Waals surface area contributed by atoms with Gasteiger partial charge in [0.15, 0.2) is 15.6 Å². The van der Waals surface area contributed by atoms with Crippen molar-refractivity contribution in [1.29, 1.82) is 0 Å². The normalized spacial score (nSPS) is 14.2. The number of nitrogens with one attached hydrogen (secondary N) is 1. The molecule has 2 amide bonds. The van der Waals surface area contributed by atoms with E-state index in [1.807, 2.05) is 0 Å². The number of amides is 2. The number of hydrogen-bond donors (Lipinski definition) is 3. The Labute approximate surface area is 145 Å². The van der Waals surface area contributed by atoms with Crippen molar-refractivity contribution in [1.82, 2.24) is 15.5 Å². The third-order valence-corrected chi connectivity index (χ3v) is 6.09. The SMILES string of the molecule is CC(C)N(Cc1cc(CCC(C)(C(=O)NO)S(C)(=O)=O)no1)C(=O)O. The summed E-state index contributed by atoms with van der Waals surface area (Å²) < 4.78 is 27.0. The third-order valence-electron chi connectivity index (χ3n) is 4.06. The molecule has 0 aliphatic carbocycles. The van der Waals surface area contributed by atoms with Gasteiger partial charge in [-0.1, -0.05) is 5.16 Å². The number of aromatic nitrogens is 1. The van der Waals surface area contributed by atoms with Crippen LogP contribution < -0.4 is 5.48 Å². The fraction of sp³-hybridized carbons (Fsp3) is 0.643. The molecule has 1 heterocycles. The Kier molecular flexibility index (Phi) is 6.54. The van der Waals surface area contributed by atoms with Gasteiger partial charge in [-0.2, -0.15) is 0 Å². The van der Waals surface area contributed by atoms with Crippen LogP contribution >= 0.6 is 0 Å². The van der Waals surface area contributed by atoms with E-state index in [4.69, 9.17) is 14.8 Å². The Balaban J connectivity index is 2.87.